The topological polar surface area (TPSA) is 118 Å². The Labute approximate surface area is 203 Å². The number of amides is 3. The van der Waals surface area contributed by atoms with Gasteiger partial charge in [0.05, 0.1) is 19.4 Å². The first-order chi connectivity index (χ1) is 16.9. The number of methoxy groups -OCH3 is 1. The molecule has 3 amide bonds. The van der Waals surface area contributed by atoms with Crippen LogP contribution in [0.15, 0.2) is 84.0 Å². The smallest absolute Gasteiger partial charge is 0.329 e. The third kappa shape index (κ3) is 8.01. The van der Waals surface area contributed by atoms with Gasteiger partial charge in [-0.15, -0.1) is 0 Å². The molecule has 35 heavy (non-hydrogen) atoms. The molecule has 0 heterocycles. The average molecular weight is 475 g/mol. The van der Waals surface area contributed by atoms with E-state index in [4.69, 9.17) is 9.47 Å². The van der Waals surface area contributed by atoms with E-state index in [0.29, 0.717) is 22.7 Å². The molecule has 0 unspecified atom stereocenters. The maximum atomic E-state index is 12.1. The van der Waals surface area contributed by atoms with Crippen LogP contribution in [0.5, 0.6) is 11.5 Å². The van der Waals surface area contributed by atoms with Crippen molar-refractivity contribution >= 4 is 29.6 Å². The average Bonchev–Trinajstić information content (AvgIpc) is 2.88. The minimum Gasteiger partial charge on any atom is -0.497 e. The zero-order valence-electron chi connectivity index (χ0n) is 19.4. The zero-order valence-corrected chi connectivity index (χ0v) is 19.4. The van der Waals surface area contributed by atoms with Gasteiger partial charge < -0.3 is 20.1 Å². The van der Waals surface area contributed by atoms with Gasteiger partial charge in [-0.05, 0) is 54.4 Å². The molecule has 0 bridgehead atoms. The first kappa shape index (κ1) is 25.0. The van der Waals surface area contributed by atoms with Crippen LogP contribution < -0.4 is 25.5 Å². The summed E-state index contributed by atoms with van der Waals surface area (Å²) in [6.07, 6.45) is 1.38. The molecule has 3 aromatic carbocycles. The minimum atomic E-state index is -0.917. The number of ether oxygens (including phenoxy) is 2. The quantitative estimate of drug-likeness (QED) is 0.250. The van der Waals surface area contributed by atoms with E-state index in [2.05, 4.69) is 21.2 Å². The Morgan fingerprint density at radius 2 is 1.66 bits per heavy atom. The van der Waals surface area contributed by atoms with Gasteiger partial charge in [0.25, 0.3) is 5.91 Å². The summed E-state index contributed by atoms with van der Waals surface area (Å²) in [5.74, 6) is -0.955. The number of anilines is 1. The zero-order chi connectivity index (χ0) is 25.0. The third-order valence-electron chi connectivity index (χ3n) is 4.84. The van der Waals surface area contributed by atoms with E-state index in [1.165, 1.54) is 13.3 Å². The van der Waals surface area contributed by atoms with Crippen molar-refractivity contribution in [1.29, 1.82) is 0 Å². The molecule has 0 spiro atoms. The van der Waals surface area contributed by atoms with Crippen LogP contribution in [0.4, 0.5) is 5.69 Å². The second-order valence-corrected chi connectivity index (χ2v) is 7.44. The second kappa shape index (κ2) is 12.5. The number of hydrazone groups is 1. The van der Waals surface area contributed by atoms with Crippen LogP contribution in [0.25, 0.3) is 0 Å². The molecule has 3 aromatic rings. The summed E-state index contributed by atoms with van der Waals surface area (Å²) in [6.45, 7) is 1.78. The highest BCUT2D eigenvalue weighted by atomic mass is 16.5. The van der Waals surface area contributed by atoms with Crippen molar-refractivity contribution in [2.24, 2.45) is 5.10 Å². The molecule has 1 atom stereocenters. The lowest BCUT2D eigenvalue weighted by Crippen LogP contribution is -2.32. The van der Waals surface area contributed by atoms with Gasteiger partial charge in [0, 0.05) is 11.8 Å². The van der Waals surface area contributed by atoms with E-state index < -0.39 is 11.8 Å². The van der Waals surface area contributed by atoms with E-state index in [-0.39, 0.29) is 18.6 Å². The van der Waals surface area contributed by atoms with Crippen molar-refractivity contribution in [2.45, 2.75) is 13.0 Å². The van der Waals surface area contributed by atoms with E-state index in [1.807, 2.05) is 37.3 Å². The van der Waals surface area contributed by atoms with Crippen molar-refractivity contribution in [3.8, 4) is 11.5 Å². The maximum Gasteiger partial charge on any atom is 0.329 e. The van der Waals surface area contributed by atoms with Crippen LogP contribution in [-0.2, 0) is 14.4 Å². The summed E-state index contributed by atoms with van der Waals surface area (Å²) >= 11 is 0. The molecule has 3 N–H and O–H groups in total. The fraction of sp³-hybridized carbons (Fsp3) is 0.154. The molecule has 9 nitrogen and oxygen atoms in total. The van der Waals surface area contributed by atoms with Crippen LogP contribution in [0.3, 0.4) is 0 Å². The normalized spacial score (nSPS) is 11.4. The highest BCUT2D eigenvalue weighted by molar-refractivity contribution is 6.39. The molecule has 9 heteroatoms. The van der Waals surface area contributed by atoms with Crippen molar-refractivity contribution in [1.82, 2.24) is 10.7 Å². The number of nitrogens with zero attached hydrogens (tertiary/aromatic N) is 1. The molecule has 0 aliphatic heterocycles. The van der Waals surface area contributed by atoms with Crippen molar-refractivity contribution < 1.29 is 23.9 Å². The first-order valence-electron chi connectivity index (χ1n) is 10.8. The van der Waals surface area contributed by atoms with Crippen LogP contribution in [0.2, 0.25) is 0 Å². The fourth-order valence-electron chi connectivity index (χ4n) is 3.01. The molecule has 0 radical (unpaired) electrons. The molecule has 0 saturated carbocycles. The number of benzene rings is 3. The molecular formula is C26H26N4O5. The van der Waals surface area contributed by atoms with Crippen LogP contribution in [-0.4, -0.2) is 37.7 Å². The molecule has 0 aliphatic rings. The number of carbonyl (C=O) groups excluding carboxylic acids is 3. The summed E-state index contributed by atoms with van der Waals surface area (Å²) in [4.78, 5) is 36.1. The molecule has 3 rings (SSSR count). The molecule has 0 saturated heterocycles. The molecular weight excluding hydrogens is 448 g/mol. The highest BCUT2D eigenvalue weighted by Gasteiger charge is 2.13. The van der Waals surface area contributed by atoms with Gasteiger partial charge in [-0.3, -0.25) is 14.4 Å². The van der Waals surface area contributed by atoms with Gasteiger partial charge in [-0.1, -0.05) is 36.4 Å². The number of carbonyl (C=O) groups is 3. The van der Waals surface area contributed by atoms with Crippen molar-refractivity contribution in [3.63, 3.8) is 0 Å². The van der Waals surface area contributed by atoms with Gasteiger partial charge in [0.2, 0.25) is 0 Å². The first-order valence-corrected chi connectivity index (χ1v) is 10.8. The van der Waals surface area contributed by atoms with Gasteiger partial charge in [-0.25, -0.2) is 5.43 Å². The Hall–Kier alpha value is -4.66. The summed E-state index contributed by atoms with van der Waals surface area (Å²) < 4.78 is 10.6. The largest absolute Gasteiger partial charge is 0.497 e. The molecule has 180 valence electrons. The standard InChI is InChI=1S/C26H26N4O5/c1-18(20-7-4-3-5-8-20)28-24(31)17-35-22-13-11-19(12-14-22)16-27-30-26(33)25(32)29-21-9-6-10-23(15-21)34-2/h3-16,18H,17H2,1-2H3,(H,28,31)(H,29,32)(H,30,33)/b27-16-/t18-/m1/s1. The fourth-order valence-corrected chi connectivity index (χ4v) is 3.01. The monoisotopic (exact) mass is 474 g/mol. The lowest BCUT2D eigenvalue weighted by molar-refractivity contribution is -0.136. The third-order valence-corrected chi connectivity index (χ3v) is 4.84. The van der Waals surface area contributed by atoms with Crippen molar-refractivity contribution in [2.75, 3.05) is 19.0 Å². The minimum absolute atomic E-state index is 0.122. The van der Waals surface area contributed by atoms with Crippen LogP contribution >= 0.6 is 0 Å². The summed E-state index contributed by atoms with van der Waals surface area (Å²) in [5, 5.41) is 9.13. The summed E-state index contributed by atoms with van der Waals surface area (Å²) in [7, 11) is 1.51. The summed E-state index contributed by atoms with van der Waals surface area (Å²) in [6, 6.07) is 22.9. The number of rotatable bonds is 9. The Balaban J connectivity index is 1.42. The number of nitrogens with one attached hydrogen (secondary N) is 3. The number of hydrogen-bond donors (Lipinski definition) is 3. The van der Waals surface area contributed by atoms with Crippen LogP contribution in [0.1, 0.15) is 24.1 Å². The van der Waals surface area contributed by atoms with E-state index in [1.54, 1.807) is 48.5 Å². The molecule has 0 aromatic heterocycles. The SMILES string of the molecule is COc1cccc(NC(=O)C(=O)N/N=C\c2ccc(OCC(=O)N[C@H](C)c3ccccc3)cc2)c1. The lowest BCUT2D eigenvalue weighted by atomic mass is 10.1. The Bertz CT molecular complexity index is 1180. The van der Waals surface area contributed by atoms with Gasteiger partial charge in [-0.2, -0.15) is 5.10 Å². The Kier molecular flexibility index (Phi) is 8.95. The van der Waals surface area contributed by atoms with Gasteiger partial charge in [0.1, 0.15) is 11.5 Å². The second-order valence-electron chi connectivity index (χ2n) is 7.44. The van der Waals surface area contributed by atoms with Crippen molar-refractivity contribution in [3.05, 3.63) is 90.0 Å². The maximum absolute atomic E-state index is 12.1. The van der Waals surface area contributed by atoms with Gasteiger partial charge in [0.15, 0.2) is 6.61 Å². The highest BCUT2D eigenvalue weighted by Crippen LogP contribution is 2.16. The van der Waals surface area contributed by atoms with E-state index in [9.17, 15) is 14.4 Å². The Morgan fingerprint density at radius 1 is 0.914 bits per heavy atom. The van der Waals surface area contributed by atoms with E-state index >= 15 is 0 Å². The van der Waals surface area contributed by atoms with Crippen LogP contribution in [0, 0.1) is 0 Å². The van der Waals surface area contributed by atoms with Gasteiger partial charge >= 0.3 is 11.8 Å². The predicted octanol–water partition coefficient (Wildman–Crippen LogP) is 3.04. The van der Waals surface area contributed by atoms with E-state index in [0.717, 1.165) is 5.56 Å². The summed E-state index contributed by atoms with van der Waals surface area (Å²) in [5.41, 5.74) is 4.26. The number of hydrogen-bond acceptors (Lipinski definition) is 6. The lowest BCUT2D eigenvalue weighted by Gasteiger charge is -2.14. The predicted molar refractivity (Wildman–Crippen MR) is 132 cm³/mol. The Morgan fingerprint density at radius 3 is 2.37 bits per heavy atom. The molecule has 0 fully saturated rings. The molecule has 0 aliphatic carbocycles.